The van der Waals surface area contributed by atoms with Gasteiger partial charge < -0.3 is 19.3 Å². The molecule has 1 aliphatic rings. The van der Waals surface area contributed by atoms with Crippen LogP contribution >= 0.6 is 12.4 Å². The van der Waals surface area contributed by atoms with Gasteiger partial charge in [0.2, 0.25) is 0 Å². The highest BCUT2D eigenvalue weighted by Gasteiger charge is 2.17. The summed E-state index contributed by atoms with van der Waals surface area (Å²) >= 11 is 0. The van der Waals surface area contributed by atoms with Crippen LogP contribution in [0.2, 0.25) is 0 Å². The summed E-state index contributed by atoms with van der Waals surface area (Å²) in [5, 5.41) is 7.43. The molecule has 1 aromatic heterocycles. The summed E-state index contributed by atoms with van der Waals surface area (Å²) in [4.78, 5) is 2.46. The van der Waals surface area contributed by atoms with E-state index in [-0.39, 0.29) is 12.4 Å². The van der Waals surface area contributed by atoms with Crippen molar-refractivity contribution in [3.8, 4) is 11.5 Å². The minimum atomic E-state index is 0. The van der Waals surface area contributed by atoms with Gasteiger partial charge in [0.1, 0.15) is 12.4 Å². The third-order valence-corrected chi connectivity index (χ3v) is 4.64. The SMILES string of the molecule is COc1cc(CN2CCNC(C)C2)ccc1OCc1c(C)noc1C.Cl. The van der Waals surface area contributed by atoms with E-state index in [1.807, 2.05) is 19.9 Å². The van der Waals surface area contributed by atoms with Crippen LogP contribution in [-0.2, 0) is 13.2 Å². The third-order valence-electron chi connectivity index (χ3n) is 4.64. The van der Waals surface area contributed by atoms with Gasteiger partial charge >= 0.3 is 0 Å². The van der Waals surface area contributed by atoms with E-state index in [0.29, 0.717) is 12.6 Å². The van der Waals surface area contributed by atoms with E-state index >= 15 is 0 Å². The Labute approximate surface area is 161 Å². The van der Waals surface area contributed by atoms with E-state index in [1.165, 1.54) is 5.56 Å². The maximum atomic E-state index is 5.95. The van der Waals surface area contributed by atoms with Gasteiger partial charge in [-0.2, -0.15) is 0 Å². The Bertz CT molecular complexity index is 701. The van der Waals surface area contributed by atoms with Crippen LogP contribution in [0.15, 0.2) is 22.7 Å². The summed E-state index contributed by atoms with van der Waals surface area (Å²) in [6.07, 6.45) is 0. The van der Waals surface area contributed by atoms with Crippen molar-refractivity contribution in [1.82, 2.24) is 15.4 Å². The highest BCUT2D eigenvalue weighted by Crippen LogP contribution is 2.30. The number of hydrogen-bond acceptors (Lipinski definition) is 6. The van der Waals surface area contributed by atoms with Crippen molar-refractivity contribution >= 4 is 12.4 Å². The molecule has 1 N–H and O–H groups in total. The maximum Gasteiger partial charge on any atom is 0.161 e. The number of rotatable bonds is 6. The summed E-state index contributed by atoms with van der Waals surface area (Å²) < 4.78 is 16.7. The minimum absolute atomic E-state index is 0. The number of halogens is 1. The molecule has 1 saturated heterocycles. The fourth-order valence-electron chi connectivity index (χ4n) is 3.20. The standard InChI is InChI=1S/C19H27N3O3.ClH/c1-13-10-22(8-7-20-13)11-16-5-6-18(19(9-16)23-4)24-12-17-14(2)21-25-15(17)3;/h5-6,9,13,20H,7-8,10-12H2,1-4H3;1H. The molecule has 1 aromatic carbocycles. The second-order valence-electron chi connectivity index (χ2n) is 6.67. The molecule has 0 aliphatic carbocycles. The molecule has 2 heterocycles. The van der Waals surface area contributed by atoms with Gasteiger partial charge in [-0.15, -0.1) is 12.4 Å². The zero-order valence-corrected chi connectivity index (χ0v) is 16.7. The van der Waals surface area contributed by atoms with E-state index in [0.717, 1.165) is 54.7 Å². The Morgan fingerprint density at radius 2 is 2.12 bits per heavy atom. The molecular weight excluding hydrogens is 354 g/mol. The van der Waals surface area contributed by atoms with Crippen LogP contribution in [0.4, 0.5) is 0 Å². The number of ether oxygens (including phenoxy) is 2. The molecule has 1 fully saturated rings. The molecule has 6 nitrogen and oxygen atoms in total. The largest absolute Gasteiger partial charge is 0.493 e. The van der Waals surface area contributed by atoms with Gasteiger partial charge in [-0.05, 0) is 38.5 Å². The molecular formula is C19H28ClN3O3. The average Bonchev–Trinajstić information content (AvgIpc) is 2.92. The number of methoxy groups -OCH3 is 1. The predicted molar refractivity (Wildman–Crippen MR) is 103 cm³/mol. The molecule has 144 valence electrons. The maximum absolute atomic E-state index is 5.95. The molecule has 1 unspecified atom stereocenters. The zero-order chi connectivity index (χ0) is 17.8. The van der Waals surface area contributed by atoms with Crippen LogP contribution < -0.4 is 14.8 Å². The van der Waals surface area contributed by atoms with Crippen LogP contribution in [-0.4, -0.2) is 42.8 Å². The molecule has 7 heteroatoms. The first-order chi connectivity index (χ1) is 12.1. The van der Waals surface area contributed by atoms with Gasteiger partial charge in [0, 0.05) is 32.2 Å². The minimum Gasteiger partial charge on any atom is -0.493 e. The first kappa shape index (κ1) is 20.6. The molecule has 0 saturated carbocycles. The number of aryl methyl sites for hydroxylation is 2. The number of aromatic nitrogens is 1. The lowest BCUT2D eigenvalue weighted by molar-refractivity contribution is 0.199. The fraction of sp³-hybridized carbons (Fsp3) is 0.526. The van der Waals surface area contributed by atoms with Gasteiger partial charge in [0.25, 0.3) is 0 Å². The first-order valence-electron chi connectivity index (χ1n) is 8.74. The lowest BCUT2D eigenvalue weighted by Gasteiger charge is -2.31. The van der Waals surface area contributed by atoms with E-state index in [1.54, 1.807) is 7.11 Å². The van der Waals surface area contributed by atoms with Crippen molar-refractivity contribution in [3.05, 3.63) is 40.8 Å². The first-order valence-corrected chi connectivity index (χ1v) is 8.74. The summed E-state index contributed by atoms with van der Waals surface area (Å²) in [6.45, 7) is 10.6. The normalized spacial score (nSPS) is 17.6. The number of nitrogens with one attached hydrogen (secondary N) is 1. The molecule has 3 rings (SSSR count). The second kappa shape index (κ2) is 9.26. The Kier molecular flexibility index (Phi) is 7.32. The molecule has 0 spiro atoms. The molecule has 1 atom stereocenters. The molecule has 0 radical (unpaired) electrons. The molecule has 0 bridgehead atoms. The second-order valence-corrected chi connectivity index (χ2v) is 6.67. The topological polar surface area (TPSA) is 59.8 Å². The summed E-state index contributed by atoms with van der Waals surface area (Å²) in [5.41, 5.74) is 3.08. The molecule has 2 aromatic rings. The smallest absolute Gasteiger partial charge is 0.161 e. The molecule has 0 amide bonds. The van der Waals surface area contributed by atoms with Crippen molar-refractivity contribution in [2.24, 2.45) is 0 Å². The Morgan fingerprint density at radius 3 is 2.77 bits per heavy atom. The number of nitrogens with zero attached hydrogens (tertiary/aromatic N) is 2. The van der Waals surface area contributed by atoms with E-state index in [9.17, 15) is 0 Å². The lowest BCUT2D eigenvalue weighted by Crippen LogP contribution is -2.48. The van der Waals surface area contributed by atoms with Gasteiger partial charge in [-0.1, -0.05) is 11.2 Å². The van der Waals surface area contributed by atoms with E-state index in [4.69, 9.17) is 14.0 Å². The van der Waals surface area contributed by atoms with Gasteiger partial charge in [0.05, 0.1) is 18.4 Å². The van der Waals surface area contributed by atoms with Crippen molar-refractivity contribution in [2.45, 2.75) is 40.0 Å². The van der Waals surface area contributed by atoms with Crippen molar-refractivity contribution in [2.75, 3.05) is 26.7 Å². The van der Waals surface area contributed by atoms with Crippen LogP contribution in [0.1, 0.15) is 29.5 Å². The van der Waals surface area contributed by atoms with E-state index in [2.05, 4.69) is 34.4 Å². The van der Waals surface area contributed by atoms with Gasteiger partial charge in [0.15, 0.2) is 11.5 Å². The summed E-state index contributed by atoms with van der Waals surface area (Å²) in [6, 6.07) is 6.69. The predicted octanol–water partition coefficient (Wildman–Crippen LogP) is 3.09. The van der Waals surface area contributed by atoms with Crippen molar-refractivity contribution < 1.29 is 14.0 Å². The Hall–Kier alpha value is -1.76. The number of piperazine rings is 1. The van der Waals surface area contributed by atoms with Crippen LogP contribution in [0.3, 0.4) is 0 Å². The lowest BCUT2D eigenvalue weighted by atomic mass is 10.1. The van der Waals surface area contributed by atoms with Crippen molar-refractivity contribution in [3.63, 3.8) is 0 Å². The van der Waals surface area contributed by atoms with Crippen LogP contribution in [0.25, 0.3) is 0 Å². The average molecular weight is 382 g/mol. The summed E-state index contributed by atoms with van der Waals surface area (Å²) in [7, 11) is 1.68. The third kappa shape index (κ3) is 4.90. The highest BCUT2D eigenvalue weighted by atomic mass is 35.5. The molecule has 1 aliphatic heterocycles. The zero-order valence-electron chi connectivity index (χ0n) is 15.9. The molecule has 26 heavy (non-hydrogen) atoms. The number of hydrogen-bond donors (Lipinski definition) is 1. The van der Waals surface area contributed by atoms with Gasteiger partial charge in [-0.25, -0.2) is 0 Å². The summed E-state index contributed by atoms with van der Waals surface area (Å²) in [5.74, 6) is 2.29. The highest BCUT2D eigenvalue weighted by molar-refractivity contribution is 5.85. The quantitative estimate of drug-likeness (QED) is 0.829. The fourth-order valence-corrected chi connectivity index (χ4v) is 3.20. The van der Waals surface area contributed by atoms with E-state index < -0.39 is 0 Å². The van der Waals surface area contributed by atoms with Crippen LogP contribution in [0, 0.1) is 13.8 Å². The van der Waals surface area contributed by atoms with Gasteiger partial charge in [-0.3, -0.25) is 4.90 Å². The van der Waals surface area contributed by atoms with Crippen molar-refractivity contribution in [1.29, 1.82) is 0 Å². The Morgan fingerprint density at radius 1 is 1.31 bits per heavy atom. The van der Waals surface area contributed by atoms with Crippen LogP contribution in [0.5, 0.6) is 11.5 Å². The monoisotopic (exact) mass is 381 g/mol. The number of benzene rings is 1. The Balaban J connectivity index is 0.00000243.